The second kappa shape index (κ2) is 8.19. The maximum absolute atomic E-state index is 13.1. The average molecular weight is 376 g/mol. The van der Waals surface area contributed by atoms with Gasteiger partial charge in [0.1, 0.15) is 0 Å². The molecule has 2 N–H and O–H groups in total. The summed E-state index contributed by atoms with van der Waals surface area (Å²) in [5.41, 5.74) is -0.727. The van der Waals surface area contributed by atoms with Gasteiger partial charge in [0.2, 0.25) is 11.8 Å². The molecule has 1 aliphatic rings. The average Bonchev–Trinajstić information content (AvgIpc) is 2.89. The van der Waals surface area contributed by atoms with Gasteiger partial charge in [-0.3, -0.25) is 14.5 Å². The molecule has 0 bridgehead atoms. The molecule has 1 aromatic carbocycles. The fraction of sp³-hybridized carbons (Fsp3) is 0.550. The molecular formula is C20H26NO6-. The number of aliphatic hydroxyl groups is 2. The molecule has 0 aliphatic carbocycles. The highest BCUT2D eigenvalue weighted by Gasteiger charge is 2.55. The van der Waals surface area contributed by atoms with Crippen LogP contribution < -0.4 is 5.11 Å². The number of nitrogens with zero attached hydrogens (tertiary/aromatic N) is 1. The molecule has 4 atom stereocenters. The van der Waals surface area contributed by atoms with E-state index in [9.17, 15) is 29.7 Å². The molecule has 1 fully saturated rings. The minimum absolute atomic E-state index is 0.449. The van der Waals surface area contributed by atoms with Crippen LogP contribution in [0.2, 0.25) is 0 Å². The van der Waals surface area contributed by atoms with Crippen molar-refractivity contribution >= 4 is 17.8 Å². The van der Waals surface area contributed by atoms with Crippen molar-refractivity contribution in [1.82, 2.24) is 4.90 Å². The maximum atomic E-state index is 13.1. The van der Waals surface area contributed by atoms with Gasteiger partial charge in [-0.2, -0.15) is 0 Å². The summed E-state index contributed by atoms with van der Waals surface area (Å²) in [7, 11) is 0. The summed E-state index contributed by atoms with van der Waals surface area (Å²) in [6.45, 7) is 3.48. The standard InChI is InChI=1S/C20H27NO6/c1-4-14(13-8-6-5-7-9-13)16(19(26)27)15-12(2)17(24)21(18(15)25)20(3,10-22)11-23/h5-9,12,14-16,22-23H,4,10-11H2,1-3H3,(H,26,27)/p-1. The highest BCUT2D eigenvalue weighted by atomic mass is 16.4. The highest BCUT2D eigenvalue weighted by molar-refractivity contribution is 6.07. The zero-order valence-corrected chi connectivity index (χ0v) is 15.8. The number of hydrogen-bond donors (Lipinski definition) is 2. The number of carboxylic acid groups (broad SMARTS) is 1. The first-order chi connectivity index (χ1) is 12.7. The lowest BCUT2D eigenvalue weighted by molar-refractivity contribution is -0.314. The SMILES string of the molecule is CCC(c1ccccc1)C(C(=O)[O-])C1C(=O)N(C(C)(CO)CO)C(=O)C1C. The van der Waals surface area contributed by atoms with E-state index in [1.165, 1.54) is 13.8 Å². The van der Waals surface area contributed by atoms with Gasteiger partial charge in [-0.25, -0.2) is 0 Å². The molecule has 0 spiro atoms. The van der Waals surface area contributed by atoms with Crippen LogP contribution in [0.5, 0.6) is 0 Å². The lowest BCUT2D eigenvalue weighted by Gasteiger charge is -2.36. The summed E-state index contributed by atoms with van der Waals surface area (Å²) in [5.74, 6) is -6.39. The van der Waals surface area contributed by atoms with E-state index in [4.69, 9.17) is 0 Å². The van der Waals surface area contributed by atoms with E-state index < -0.39 is 60.2 Å². The van der Waals surface area contributed by atoms with Gasteiger partial charge in [-0.1, -0.05) is 44.2 Å². The van der Waals surface area contributed by atoms with Crippen LogP contribution in [0.25, 0.3) is 0 Å². The molecule has 1 aromatic rings. The van der Waals surface area contributed by atoms with Crippen LogP contribution in [-0.2, 0) is 14.4 Å². The summed E-state index contributed by atoms with van der Waals surface area (Å²) < 4.78 is 0. The Hall–Kier alpha value is -2.25. The van der Waals surface area contributed by atoms with Crippen LogP contribution in [0.15, 0.2) is 30.3 Å². The lowest BCUT2D eigenvalue weighted by atomic mass is 9.73. The normalized spacial score (nSPS) is 22.8. The second-order valence-corrected chi connectivity index (χ2v) is 7.41. The predicted octanol–water partition coefficient (Wildman–Crippen LogP) is -0.0893. The molecule has 0 radical (unpaired) electrons. The minimum atomic E-state index is -1.48. The van der Waals surface area contributed by atoms with Crippen LogP contribution in [0.4, 0.5) is 0 Å². The maximum Gasteiger partial charge on any atom is 0.234 e. The summed E-state index contributed by atoms with van der Waals surface area (Å²) in [5, 5.41) is 31.3. The third-order valence-corrected chi connectivity index (χ3v) is 5.64. The van der Waals surface area contributed by atoms with Gasteiger partial charge in [0.15, 0.2) is 0 Å². The zero-order chi connectivity index (χ0) is 20.4. The van der Waals surface area contributed by atoms with Crippen LogP contribution >= 0.6 is 0 Å². The van der Waals surface area contributed by atoms with Crippen molar-refractivity contribution in [2.24, 2.45) is 17.8 Å². The lowest BCUT2D eigenvalue weighted by Crippen LogP contribution is -2.55. The van der Waals surface area contributed by atoms with Crippen LogP contribution in [0, 0.1) is 17.8 Å². The number of rotatable bonds is 8. The number of benzene rings is 1. The largest absolute Gasteiger partial charge is 0.550 e. The van der Waals surface area contributed by atoms with Gasteiger partial charge >= 0.3 is 0 Å². The summed E-state index contributed by atoms with van der Waals surface area (Å²) >= 11 is 0. The van der Waals surface area contributed by atoms with Crippen molar-refractivity contribution in [1.29, 1.82) is 0 Å². The van der Waals surface area contributed by atoms with Crippen LogP contribution in [0.3, 0.4) is 0 Å². The van der Waals surface area contributed by atoms with Gasteiger partial charge in [-0.15, -0.1) is 0 Å². The Morgan fingerprint density at radius 2 is 1.74 bits per heavy atom. The van der Waals surface area contributed by atoms with Crippen molar-refractivity contribution in [3.63, 3.8) is 0 Å². The van der Waals surface area contributed by atoms with Gasteiger partial charge in [0, 0.05) is 17.8 Å². The van der Waals surface area contributed by atoms with E-state index in [0.29, 0.717) is 6.42 Å². The Kier molecular flexibility index (Phi) is 6.38. The number of carbonyl (C=O) groups excluding carboxylic acids is 3. The molecule has 1 aliphatic heterocycles. The van der Waals surface area contributed by atoms with E-state index in [1.807, 2.05) is 13.0 Å². The van der Waals surface area contributed by atoms with Gasteiger partial charge in [0.25, 0.3) is 0 Å². The number of aliphatic hydroxyl groups excluding tert-OH is 2. The molecule has 1 heterocycles. The molecule has 27 heavy (non-hydrogen) atoms. The molecule has 148 valence electrons. The van der Waals surface area contributed by atoms with E-state index in [-0.39, 0.29) is 0 Å². The molecule has 7 nitrogen and oxygen atoms in total. The van der Waals surface area contributed by atoms with E-state index in [0.717, 1.165) is 10.5 Å². The molecule has 4 unspecified atom stereocenters. The fourth-order valence-electron chi connectivity index (χ4n) is 3.98. The van der Waals surface area contributed by atoms with Gasteiger partial charge < -0.3 is 20.1 Å². The Morgan fingerprint density at radius 3 is 2.19 bits per heavy atom. The molecular weight excluding hydrogens is 350 g/mol. The number of amides is 2. The number of carboxylic acids is 1. The second-order valence-electron chi connectivity index (χ2n) is 7.41. The third kappa shape index (κ3) is 3.61. The van der Waals surface area contributed by atoms with Crippen molar-refractivity contribution in [3.05, 3.63) is 35.9 Å². The van der Waals surface area contributed by atoms with Crippen molar-refractivity contribution in [3.8, 4) is 0 Å². The smallest absolute Gasteiger partial charge is 0.234 e. The van der Waals surface area contributed by atoms with Crippen molar-refractivity contribution in [2.75, 3.05) is 13.2 Å². The quantitative estimate of drug-likeness (QED) is 0.612. The number of aliphatic carboxylic acids is 1. The number of likely N-dealkylation sites (tertiary alicyclic amines) is 1. The summed E-state index contributed by atoms with van der Waals surface area (Å²) in [6.07, 6.45) is 0.449. The van der Waals surface area contributed by atoms with Gasteiger partial charge in [0.05, 0.1) is 24.7 Å². The number of imide groups is 1. The van der Waals surface area contributed by atoms with Crippen LogP contribution in [0.1, 0.15) is 38.7 Å². The van der Waals surface area contributed by atoms with Gasteiger partial charge in [-0.05, 0) is 24.8 Å². The Balaban J connectivity index is 2.50. The topological polar surface area (TPSA) is 118 Å². The summed E-state index contributed by atoms with van der Waals surface area (Å²) in [4.78, 5) is 38.7. The Bertz CT molecular complexity index is 700. The van der Waals surface area contributed by atoms with E-state index >= 15 is 0 Å². The molecule has 7 heteroatoms. The zero-order valence-electron chi connectivity index (χ0n) is 15.8. The summed E-state index contributed by atoms with van der Waals surface area (Å²) in [6, 6.07) is 8.97. The molecule has 0 aromatic heterocycles. The monoisotopic (exact) mass is 376 g/mol. The van der Waals surface area contributed by atoms with E-state index in [2.05, 4.69) is 0 Å². The molecule has 0 saturated carbocycles. The Morgan fingerprint density at radius 1 is 1.19 bits per heavy atom. The molecule has 2 amide bonds. The highest BCUT2D eigenvalue weighted by Crippen LogP contribution is 2.42. The fourth-order valence-corrected chi connectivity index (χ4v) is 3.98. The Labute approximate surface area is 158 Å². The first-order valence-corrected chi connectivity index (χ1v) is 9.08. The first kappa shape index (κ1) is 21.1. The number of carbonyl (C=O) groups is 3. The minimum Gasteiger partial charge on any atom is -0.550 e. The molecule has 1 saturated heterocycles. The molecule has 2 rings (SSSR count). The third-order valence-electron chi connectivity index (χ3n) is 5.64. The number of hydrogen-bond acceptors (Lipinski definition) is 6. The van der Waals surface area contributed by atoms with E-state index in [1.54, 1.807) is 24.3 Å². The van der Waals surface area contributed by atoms with Crippen molar-refractivity contribution in [2.45, 2.75) is 38.6 Å². The van der Waals surface area contributed by atoms with Crippen LogP contribution in [-0.4, -0.2) is 51.6 Å². The van der Waals surface area contributed by atoms with Crippen molar-refractivity contribution < 1.29 is 29.7 Å². The predicted molar refractivity (Wildman–Crippen MR) is 95.1 cm³/mol. The first-order valence-electron chi connectivity index (χ1n) is 9.08.